The average molecular weight is 334 g/mol. The normalized spacial score (nSPS) is 46.4. The van der Waals surface area contributed by atoms with Crippen LogP contribution in [0, 0.1) is 0 Å². The van der Waals surface area contributed by atoms with Crippen molar-refractivity contribution in [1.29, 1.82) is 0 Å². The molecule has 0 N–H and O–H groups in total. The molecule has 8 heavy (non-hydrogen) atoms. The Bertz CT molecular complexity index is 130. The van der Waals surface area contributed by atoms with E-state index in [4.69, 9.17) is 0 Å². The molecule has 2 rings (SSSR count). The van der Waals surface area contributed by atoms with Crippen LogP contribution in [0.4, 0.5) is 0 Å². The number of fused-ring (bicyclic) bond motifs is 1. The molecule has 0 aromatic heterocycles. The number of hydrogen-bond donors (Lipinski definition) is 0. The van der Waals surface area contributed by atoms with Crippen molar-refractivity contribution in [3.05, 3.63) is 12.2 Å². The Kier molecular flexibility index (Phi) is 1.57. The van der Waals surface area contributed by atoms with Crippen molar-refractivity contribution < 1.29 is 0 Å². The van der Waals surface area contributed by atoms with E-state index in [2.05, 4.69) is 34.7 Å². The Morgan fingerprint density at radius 2 is 2.25 bits per heavy atom. The van der Waals surface area contributed by atoms with Crippen LogP contribution in [-0.4, -0.2) is 16.7 Å². The Hall–Kier alpha value is 1.20. The molecule has 0 saturated carbocycles. The van der Waals surface area contributed by atoms with E-state index in [0.717, 1.165) is 7.85 Å². The molecule has 0 aliphatic carbocycles. The summed E-state index contributed by atoms with van der Waals surface area (Å²) in [5.41, 5.74) is 0. The first-order valence-corrected chi connectivity index (χ1v) is 8.33. The number of halogens is 2. The Labute approximate surface area is 70.6 Å². The van der Waals surface area contributed by atoms with Gasteiger partial charge in [0, 0.05) is 0 Å². The molecule has 2 aliphatic rings. The van der Waals surface area contributed by atoms with E-state index in [1.165, 1.54) is 0 Å². The molecule has 0 nitrogen and oxygen atoms in total. The first-order chi connectivity index (χ1) is 3.86. The zero-order chi connectivity index (χ0) is 5.56. The van der Waals surface area contributed by atoms with E-state index in [-0.39, 0.29) is 19.8 Å². The summed E-state index contributed by atoms with van der Waals surface area (Å²) < 4.78 is 5.31. The molecule has 1 saturated heterocycles. The predicted molar refractivity (Wildman–Crippen MR) is 54.5 cm³/mol. The van der Waals surface area contributed by atoms with Crippen LogP contribution < -0.4 is 0 Å². The van der Waals surface area contributed by atoms with E-state index in [1.54, 1.807) is 8.86 Å². The SMILES string of the molecule is IC1C=CC2CI2C1. The van der Waals surface area contributed by atoms with Crippen molar-refractivity contribution in [2.45, 2.75) is 7.85 Å². The third-order valence-electron chi connectivity index (χ3n) is 1.51. The second kappa shape index (κ2) is 2.11. The molecule has 1 fully saturated rings. The summed E-state index contributed by atoms with van der Waals surface area (Å²) in [6, 6.07) is 0. The number of rotatable bonds is 0. The van der Waals surface area contributed by atoms with E-state index < -0.39 is 0 Å². The fourth-order valence-corrected chi connectivity index (χ4v) is 10.1. The fourth-order valence-electron chi connectivity index (χ4n) is 0.969. The summed E-state index contributed by atoms with van der Waals surface area (Å²) in [5, 5.41) is 0. The second-order valence-electron chi connectivity index (χ2n) is 2.22. The summed E-state index contributed by atoms with van der Waals surface area (Å²) >= 11 is 2.32. The third-order valence-corrected chi connectivity index (χ3v) is 10.2. The topological polar surface area (TPSA) is 0 Å². The molecular formula is C6H8I2. The molecule has 0 radical (unpaired) electrons. The number of alkyl halides is 4. The minimum atomic E-state index is -0.229. The van der Waals surface area contributed by atoms with Crippen molar-refractivity contribution >= 4 is 42.4 Å². The molecule has 2 atom stereocenters. The third kappa shape index (κ3) is 1.05. The van der Waals surface area contributed by atoms with Gasteiger partial charge in [-0.1, -0.05) is 0 Å². The quantitative estimate of drug-likeness (QED) is 0.362. The summed E-state index contributed by atoms with van der Waals surface area (Å²) in [6.45, 7) is 0. The molecular weight excluding hydrogens is 326 g/mol. The Balaban J connectivity index is 2.11. The van der Waals surface area contributed by atoms with E-state index in [9.17, 15) is 0 Å². The molecule has 0 aromatic carbocycles. The maximum atomic E-state index is 2.55. The summed E-state index contributed by atoms with van der Waals surface area (Å²) in [5.74, 6) is 0. The van der Waals surface area contributed by atoms with Crippen LogP contribution in [0.1, 0.15) is 0 Å². The van der Waals surface area contributed by atoms with Gasteiger partial charge in [-0.3, -0.25) is 0 Å². The van der Waals surface area contributed by atoms with E-state index >= 15 is 0 Å². The van der Waals surface area contributed by atoms with Gasteiger partial charge >= 0.3 is 71.3 Å². The van der Waals surface area contributed by atoms with Crippen LogP contribution in [0.5, 0.6) is 0 Å². The zero-order valence-electron chi connectivity index (χ0n) is 4.48. The van der Waals surface area contributed by atoms with E-state index in [0.29, 0.717) is 0 Å². The molecule has 0 aromatic rings. The first-order valence-electron chi connectivity index (χ1n) is 2.79. The molecule has 0 bridgehead atoms. The van der Waals surface area contributed by atoms with Gasteiger partial charge < -0.3 is 0 Å². The number of hydrogen-bond acceptors (Lipinski definition) is 0. The van der Waals surface area contributed by atoms with Crippen LogP contribution in [0.3, 0.4) is 0 Å². The van der Waals surface area contributed by atoms with Gasteiger partial charge in [-0.2, -0.15) is 0 Å². The fraction of sp³-hybridized carbons (Fsp3) is 0.667. The maximum absolute atomic E-state index is 2.55. The molecule has 2 heteroatoms. The molecule has 0 amide bonds. The molecule has 2 unspecified atom stereocenters. The van der Waals surface area contributed by atoms with E-state index in [1.807, 2.05) is 0 Å². The Morgan fingerprint density at radius 1 is 1.38 bits per heavy atom. The molecule has 2 aliphatic heterocycles. The van der Waals surface area contributed by atoms with Crippen molar-refractivity contribution in [3.8, 4) is 0 Å². The first kappa shape index (κ1) is 5.95. The van der Waals surface area contributed by atoms with Crippen LogP contribution >= 0.6 is 42.4 Å². The van der Waals surface area contributed by atoms with Gasteiger partial charge in [0.1, 0.15) is 0 Å². The average Bonchev–Trinajstić information content (AvgIpc) is 2.43. The van der Waals surface area contributed by atoms with Crippen LogP contribution in [0.15, 0.2) is 12.2 Å². The van der Waals surface area contributed by atoms with Crippen molar-refractivity contribution in [2.24, 2.45) is 0 Å². The number of allylic oxidation sites excluding steroid dienone is 2. The van der Waals surface area contributed by atoms with Crippen LogP contribution in [-0.2, 0) is 0 Å². The van der Waals surface area contributed by atoms with Gasteiger partial charge in [0.05, 0.1) is 0 Å². The van der Waals surface area contributed by atoms with Crippen LogP contribution in [0.25, 0.3) is 0 Å². The van der Waals surface area contributed by atoms with Crippen LogP contribution in [0.2, 0.25) is 0 Å². The van der Waals surface area contributed by atoms with Crippen molar-refractivity contribution in [2.75, 3.05) is 8.86 Å². The summed E-state index contributed by atoms with van der Waals surface area (Å²) in [7, 11) is 0. The zero-order valence-corrected chi connectivity index (χ0v) is 8.79. The van der Waals surface area contributed by atoms with Gasteiger partial charge in [-0.05, 0) is 0 Å². The summed E-state index contributed by atoms with van der Waals surface area (Å²) in [4.78, 5) is 0. The monoisotopic (exact) mass is 334 g/mol. The van der Waals surface area contributed by atoms with Crippen molar-refractivity contribution in [3.63, 3.8) is 0 Å². The van der Waals surface area contributed by atoms with Gasteiger partial charge in [0.15, 0.2) is 0 Å². The van der Waals surface area contributed by atoms with Gasteiger partial charge in [0.25, 0.3) is 0 Å². The Morgan fingerprint density at radius 3 is 2.88 bits per heavy atom. The summed E-state index contributed by atoms with van der Waals surface area (Å²) in [6.07, 6.45) is 4.86. The standard InChI is InChI=1S/C6H8I2/c7-5-1-2-6-4-8(6)3-5/h1-2,5-6H,3-4H2. The molecule has 46 valence electrons. The molecule has 2 heterocycles. The predicted octanol–water partition coefficient (Wildman–Crippen LogP) is 2.25. The van der Waals surface area contributed by atoms with Crippen molar-refractivity contribution in [1.82, 2.24) is 0 Å². The van der Waals surface area contributed by atoms with Gasteiger partial charge in [0.2, 0.25) is 0 Å². The second-order valence-corrected chi connectivity index (χ2v) is 10.0. The minimum absolute atomic E-state index is 0.229. The van der Waals surface area contributed by atoms with Gasteiger partial charge in [-0.25, -0.2) is 0 Å². The molecule has 0 spiro atoms. The van der Waals surface area contributed by atoms with Gasteiger partial charge in [-0.15, -0.1) is 0 Å².